The molecular weight excluding hydrogens is 402 g/mol. The van der Waals surface area contributed by atoms with Gasteiger partial charge in [-0.25, -0.2) is 0 Å². The number of carbonyl (C=O) groups excluding carboxylic acids is 1. The zero-order valence-corrected chi connectivity index (χ0v) is 16.1. The second kappa shape index (κ2) is 8.02. The van der Waals surface area contributed by atoms with Crippen LogP contribution in [-0.2, 0) is 21.3 Å². The molecule has 1 atom stereocenters. The van der Waals surface area contributed by atoms with Crippen molar-refractivity contribution >= 4 is 28.2 Å². The maximum atomic E-state index is 11.7. The second-order valence-corrected chi connectivity index (χ2v) is 7.81. The highest BCUT2D eigenvalue weighted by Gasteiger charge is 2.29. The third kappa shape index (κ3) is 4.44. The minimum Gasteiger partial charge on any atom is -0.486 e. The molecule has 9 nitrogen and oxygen atoms in total. The highest BCUT2D eigenvalue weighted by molar-refractivity contribution is 7.85. The lowest BCUT2D eigenvalue weighted by atomic mass is 10.0. The quantitative estimate of drug-likeness (QED) is 0.248. The summed E-state index contributed by atoms with van der Waals surface area (Å²) in [7, 11) is -4.44. The number of carbonyl (C=O) groups is 1. The lowest BCUT2D eigenvalue weighted by Gasteiger charge is -2.28. The van der Waals surface area contributed by atoms with E-state index in [1.807, 2.05) is 0 Å². The molecule has 0 spiro atoms. The molecule has 1 N–H and O–H groups in total. The number of ether oxygens (including phenoxy) is 2. The molecule has 152 valence electrons. The largest absolute Gasteiger partial charge is 0.486 e. The summed E-state index contributed by atoms with van der Waals surface area (Å²) in [5.74, 6) is 0.367. The molecule has 0 amide bonds. The summed E-state index contributed by atoms with van der Waals surface area (Å²) in [6.07, 6.45) is 2.25. The van der Waals surface area contributed by atoms with Crippen molar-refractivity contribution in [2.75, 3.05) is 6.61 Å². The van der Waals surface area contributed by atoms with Crippen LogP contribution >= 0.6 is 0 Å². The Hall–Kier alpha value is -3.24. The zero-order chi connectivity index (χ0) is 21.2. The van der Waals surface area contributed by atoms with Crippen molar-refractivity contribution in [3.8, 4) is 11.5 Å². The van der Waals surface area contributed by atoms with Crippen LogP contribution in [0.5, 0.6) is 11.5 Å². The van der Waals surface area contributed by atoms with Crippen LogP contribution in [0.15, 0.2) is 41.3 Å². The van der Waals surface area contributed by atoms with Crippen LogP contribution in [0.4, 0.5) is 5.69 Å². The van der Waals surface area contributed by atoms with Crippen LogP contribution in [0, 0.1) is 17.0 Å². The van der Waals surface area contributed by atoms with Gasteiger partial charge in [-0.15, -0.1) is 0 Å². The molecule has 10 heteroatoms. The number of aryl methyl sites for hydroxylation is 1. The SMILES string of the molecule is Cc1ccc(S(=O)(=O)O)c(C[C@@H]2COc3ccc([N+](=O)[O-])c(C=CC=O)c3O2)c1. The van der Waals surface area contributed by atoms with Gasteiger partial charge in [0.1, 0.15) is 19.0 Å². The minimum atomic E-state index is -4.44. The maximum Gasteiger partial charge on any atom is 0.294 e. The molecule has 0 aliphatic carbocycles. The predicted octanol–water partition coefficient (Wildman–Crippen LogP) is 2.74. The molecule has 1 heterocycles. The van der Waals surface area contributed by atoms with E-state index in [-0.39, 0.29) is 40.7 Å². The van der Waals surface area contributed by atoms with Crippen molar-refractivity contribution in [3.05, 3.63) is 63.2 Å². The van der Waals surface area contributed by atoms with Crippen LogP contribution < -0.4 is 9.47 Å². The molecule has 1 aliphatic heterocycles. The van der Waals surface area contributed by atoms with Crippen LogP contribution in [-0.4, -0.2) is 36.9 Å². The summed E-state index contributed by atoms with van der Waals surface area (Å²) in [5.41, 5.74) is 0.929. The number of allylic oxidation sites excluding steroid dienone is 1. The lowest BCUT2D eigenvalue weighted by Crippen LogP contribution is -2.32. The highest BCUT2D eigenvalue weighted by Crippen LogP contribution is 2.41. The first-order valence-corrected chi connectivity index (χ1v) is 9.94. The van der Waals surface area contributed by atoms with Crippen molar-refractivity contribution in [2.24, 2.45) is 0 Å². The van der Waals surface area contributed by atoms with E-state index in [0.29, 0.717) is 11.8 Å². The van der Waals surface area contributed by atoms with Gasteiger partial charge in [-0.05, 0) is 36.8 Å². The Bertz CT molecular complexity index is 1110. The number of hydrogen-bond donors (Lipinski definition) is 1. The smallest absolute Gasteiger partial charge is 0.294 e. The Morgan fingerprint density at radius 1 is 1.31 bits per heavy atom. The molecule has 0 aromatic heterocycles. The van der Waals surface area contributed by atoms with Gasteiger partial charge in [-0.3, -0.25) is 19.5 Å². The number of benzene rings is 2. The van der Waals surface area contributed by atoms with Gasteiger partial charge in [0.15, 0.2) is 11.5 Å². The average Bonchev–Trinajstić information content (AvgIpc) is 2.64. The molecule has 0 radical (unpaired) electrons. The first kappa shape index (κ1) is 20.5. The zero-order valence-electron chi connectivity index (χ0n) is 15.3. The molecule has 0 fully saturated rings. The Kier molecular flexibility index (Phi) is 5.66. The molecule has 3 rings (SSSR count). The summed E-state index contributed by atoms with van der Waals surface area (Å²) in [6.45, 7) is 1.84. The first-order chi connectivity index (χ1) is 13.7. The normalized spacial score (nSPS) is 16.0. The molecule has 1 aliphatic rings. The van der Waals surface area contributed by atoms with Crippen LogP contribution in [0.25, 0.3) is 6.08 Å². The van der Waals surface area contributed by atoms with Crippen molar-refractivity contribution < 1.29 is 32.2 Å². The van der Waals surface area contributed by atoms with Gasteiger partial charge in [-0.1, -0.05) is 17.7 Å². The van der Waals surface area contributed by atoms with Crippen LogP contribution in [0.3, 0.4) is 0 Å². The third-order valence-electron chi connectivity index (χ3n) is 4.33. The number of nitro groups is 1. The fraction of sp³-hybridized carbons (Fsp3) is 0.211. The molecule has 0 saturated carbocycles. The van der Waals surface area contributed by atoms with Gasteiger partial charge < -0.3 is 9.47 Å². The number of aldehydes is 1. The average molecular weight is 419 g/mol. The van der Waals surface area contributed by atoms with Gasteiger partial charge in [0.05, 0.1) is 15.4 Å². The molecule has 29 heavy (non-hydrogen) atoms. The number of nitrogens with zero attached hydrogens (tertiary/aromatic N) is 1. The number of hydrogen-bond acceptors (Lipinski definition) is 7. The number of fused-ring (bicyclic) bond motifs is 1. The van der Waals surface area contributed by atoms with E-state index in [1.54, 1.807) is 19.1 Å². The first-order valence-electron chi connectivity index (χ1n) is 8.50. The third-order valence-corrected chi connectivity index (χ3v) is 5.28. The van der Waals surface area contributed by atoms with Gasteiger partial charge in [0.2, 0.25) is 0 Å². The summed E-state index contributed by atoms with van der Waals surface area (Å²) in [4.78, 5) is 21.2. The van der Waals surface area contributed by atoms with Crippen molar-refractivity contribution in [1.82, 2.24) is 0 Å². The van der Waals surface area contributed by atoms with Gasteiger partial charge in [0, 0.05) is 12.5 Å². The lowest BCUT2D eigenvalue weighted by molar-refractivity contribution is -0.385. The fourth-order valence-electron chi connectivity index (χ4n) is 3.11. The van der Waals surface area contributed by atoms with Crippen LogP contribution in [0.1, 0.15) is 16.7 Å². The van der Waals surface area contributed by atoms with E-state index in [9.17, 15) is 27.9 Å². The Morgan fingerprint density at radius 2 is 2.07 bits per heavy atom. The molecule has 0 bridgehead atoms. The monoisotopic (exact) mass is 419 g/mol. The summed E-state index contributed by atoms with van der Waals surface area (Å²) < 4.78 is 44.3. The molecular formula is C19H17NO8S. The molecule has 2 aromatic carbocycles. The Balaban J connectivity index is 1.99. The molecule has 0 saturated heterocycles. The predicted molar refractivity (Wildman–Crippen MR) is 103 cm³/mol. The summed E-state index contributed by atoms with van der Waals surface area (Å²) in [5, 5.41) is 11.3. The molecule has 0 unspecified atom stereocenters. The van der Waals surface area contributed by atoms with E-state index < -0.39 is 21.1 Å². The minimum absolute atomic E-state index is 0.0699. The fourth-order valence-corrected chi connectivity index (χ4v) is 3.82. The van der Waals surface area contributed by atoms with Crippen molar-refractivity contribution in [3.63, 3.8) is 0 Å². The molecule has 2 aromatic rings. The van der Waals surface area contributed by atoms with E-state index >= 15 is 0 Å². The highest BCUT2D eigenvalue weighted by atomic mass is 32.2. The number of nitro benzene ring substituents is 1. The van der Waals surface area contributed by atoms with Crippen LogP contribution in [0.2, 0.25) is 0 Å². The van der Waals surface area contributed by atoms with Gasteiger partial charge in [0.25, 0.3) is 15.8 Å². The van der Waals surface area contributed by atoms with E-state index in [1.165, 1.54) is 24.3 Å². The van der Waals surface area contributed by atoms with Gasteiger partial charge in [-0.2, -0.15) is 8.42 Å². The Labute approximate surface area is 166 Å². The van der Waals surface area contributed by atoms with E-state index in [2.05, 4.69) is 0 Å². The van der Waals surface area contributed by atoms with Crippen molar-refractivity contribution in [2.45, 2.75) is 24.3 Å². The Morgan fingerprint density at radius 3 is 2.72 bits per heavy atom. The maximum absolute atomic E-state index is 11.7. The number of rotatable bonds is 6. The van der Waals surface area contributed by atoms with E-state index in [0.717, 1.165) is 11.6 Å². The summed E-state index contributed by atoms with van der Waals surface area (Å²) in [6, 6.07) is 7.14. The van der Waals surface area contributed by atoms with Crippen molar-refractivity contribution in [1.29, 1.82) is 0 Å². The second-order valence-electron chi connectivity index (χ2n) is 6.42. The topological polar surface area (TPSA) is 133 Å². The standard InChI is InChI=1S/C19H17NO8S/c1-12-4-7-18(29(24,25)26)13(9-12)10-14-11-27-17-6-5-16(20(22)23)15(3-2-8-21)19(17)28-14/h2-9,14H,10-11H2,1H3,(H,24,25,26)/t14-/m1/s1. The van der Waals surface area contributed by atoms with E-state index in [4.69, 9.17) is 9.47 Å². The summed E-state index contributed by atoms with van der Waals surface area (Å²) >= 11 is 0. The van der Waals surface area contributed by atoms with Gasteiger partial charge >= 0.3 is 0 Å².